The molecule has 0 aromatic heterocycles. The molecule has 1 saturated carbocycles. The maximum absolute atomic E-state index is 13.8. The molecule has 1 N–H and O–H groups in total. The normalized spacial score (nSPS) is 20.6. The number of hydrogen-bond donors (Lipinski definition) is 1. The summed E-state index contributed by atoms with van der Waals surface area (Å²) in [7, 11) is 3.02. The fraction of sp³-hybridized carbons (Fsp3) is 0.524. The minimum atomic E-state index is -0.766. The van der Waals surface area contributed by atoms with E-state index in [1.807, 2.05) is 0 Å². The first-order valence-corrected chi connectivity index (χ1v) is 9.65. The summed E-state index contributed by atoms with van der Waals surface area (Å²) in [6, 6.07) is 4.49. The Hall–Kier alpha value is -2.54. The maximum atomic E-state index is 13.8. The van der Waals surface area contributed by atoms with Gasteiger partial charge in [-0.05, 0) is 37.8 Å². The summed E-state index contributed by atoms with van der Waals surface area (Å²) in [4.78, 5) is 28.2. The molecule has 1 aliphatic heterocycles. The minimum Gasteiger partial charge on any atom is -0.496 e. The Morgan fingerprint density at radius 2 is 1.89 bits per heavy atom. The van der Waals surface area contributed by atoms with Crippen LogP contribution in [-0.4, -0.2) is 55.9 Å². The summed E-state index contributed by atoms with van der Waals surface area (Å²) in [6.07, 6.45) is 6.03. The summed E-state index contributed by atoms with van der Waals surface area (Å²) in [6.45, 7) is 4.14. The molecule has 7 heteroatoms. The summed E-state index contributed by atoms with van der Waals surface area (Å²) in [5.41, 5.74) is -0.457. The number of amides is 2. The fourth-order valence-electron chi connectivity index (χ4n) is 4.14. The van der Waals surface area contributed by atoms with Crippen molar-refractivity contribution in [3.05, 3.63) is 36.4 Å². The molecule has 0 unspecified atom stereocenters. The number of benzene rings is 1. The monoisotopic (exact) mass is 388 g/mol. The zero-order valence-electron chi connectivity index (χ0n) is 16.5. The average Bonchev–Trinajstić information content (AvgIpc) is 3.09. The van der Waals surface area contributed by atoms with Crippen LogP contribution in [0.3, 0.4) is 0 Å². The third-order valence-corrected chi connectivity index (χ3v) is 5.48. The van der Waals surface area contributed by atoms with Crippen molar-refractivity contribution in [2.75, 3.05) is 27.4 Å². The molecule has 2 fully saturated rings. The highest BCUT2D eigenvalue weighted by Gasteiger charge is 2.53. The van der Waals surface area contributed by atoms with Crippen LogP contribution in [0, 0.1) is 0 Å². The van der Waals surface area contributed by atoms with E-state index in [4.69, 9.17) is 14.2 Å². The van der Waals surface area contributed by atoms with E-state index in [2.05, 4.69) is 11.9 Å². The summed E-state index contributed by atoms with van der Waals surface area (Å²) < 4.78 is 17.0. The number of nitrogens with zero attached hydrogens (tertiary/aromatic N) is 1. The maximum Gasteiger partial charge on any atom is 0.264 e. The molecule has 1 spiro atoms. The van der Waals surface area contributed by atoms with Gasteiger partial charge in [0.05, 0.1) is 20.8 Å². The van der Waals surface area contributed by atoms with E-state index in [0.717, 1.165) is 19.3 Å². The van der Waals surface area contributed by atoms with Crippen molar-refractivity contribution >= 4 is 11.8 Å². The Bertz CT molecular complexity index is 720. The minimum absolute atomic E-state index is 0.173. The van der Waals surface area contributed by atoms with Crippen LogP contribution in [0.15, 0.2) is 30.9 Å². The molecule has 2 aliphatic rings. The molecule has 3 rings (SSSR count). The van der Waals surface area contributed by atoms with Gasteiger partial charge in [-0.2, -0.15) is 0 Å². The standard InChI is InChI=1S/C21H28N2O5/c1-4-13-22-19(24)15-14-28-21(11-6-5-7-12-21)23(15)20(25)18-16(26-2)9-8-10-17(18)27-3/h4,8-10,15H,1,5-7,11-14H2,2-3H3,(H,22,24)/t15-/m0/s1. The van der Waals surface area contributed by atoms with E-state index in [1.54, 1.807) is 29.2 Å². The predicted octanol–water partition coefficient (Wildman–Crippen LogP) is 2.51. The van der Waals surface area contributed by atoms with Crippen molar-refractivity contribution in [3.63, 3.8) is 0 Å². The number of hydrogen-bond acceptors (Lipinski definition) is 5. The van der Waals surface area contributed by atoms with Gasteiger partial charge in [0.25, 0.3) is 5.91 Å². The lowest BCUT2D eigenvalue weighted by Crippen LogP contribution is -2.56. The largest absolute Gasteiger partial charge is 0.496 e. The lowest BCUT2D eigenvalue weighted by molar-refractivity contribution is -0.127. The number of nitrogens with one attached hydrogen (secondary N) is 1. The van der Waals surface area contributed by atoms with Gasteiger partial charge in [-0.25, -0.2) is 0 Å². The van der Waals surface area contributed by atoms with E-state index in [-0.39, 0.29) is 18.4 Å². The Morgan fingerprint density at radius 3 is 2.46 bits per heavy atom. The summed E-state index contributed by atoms with van der Waals surface area (Å²) in [5, 5.41) is 2.80. The van der Waals surface area contributed by atoms with Crippen molar-refractivity contribution in [1.29, 1.82) is 0 Å². The molecule has 0 radical (unpaired) electrons. The van der Waals surface area contributed by atoms with E-state index < -0.39 is 11.8 Å². The fourth-order valence-corrected chi connectivity index (χ4v) is 4.14. The van der Waals surface area contributed by atoms with Gasteiger partial charge in [0.15, 0.2) is 0 Å². The van der Waals surface area contributed by atoms with Gasteiger partial charge >= 0.3 is 0 Å². The zero-order chi connectivity index (χ0) is 20.1. The number of carbonyl (C=O) groups excluding carboxylic acids is 2. The van der Waals surface area contributed by atoms with Crippen LogP contribution in [0.1, 0.15) is 42.5 Å². The molecule has 1 aliphatic carbocycles. The molecule has 152 valence electrons. The summed E-state index contributed by atoms with van der Waals surface area (Å²) >= 11 is 0. The average molecular weight is 388 g/mol. The van der Waals surface area contributed by atoms with Gasteiger partial charge in [0.1, 0.15) is 28.8 Å². The second-order valence-electron chi connectivity index (χ2n) is 7.08. The van der Waals surface area contributed by atoms with Gasteiger partial charge in [0, 0.05) is 6.54 Å². The highest BCUT2D eigenvalue weighted by molar-refractivity contribution is 6.02. The molecular weight excluding hydrogens is 360 g/mol. The van der Waals surface area contributed by atoms with Crippen LogP contribution in [-0.2, 0) is 9.53 Å². The third kappa shape index (κ3) is 3.58. The highest BCUT2D eigenvalue weighted by atomic mass is 16.5. The van der Waals surface area contributed by atoms with Crippen LogP contribution in [0.25, 0.3) is 0 Å². The van der Waals surface area contributed by atoms with Gasteiger partial charge in [-0.15, -0.1) is 6.58 Å². The first-order valence-electron chi connectivity index (χ1n) is 9.65. The molecule has 1 saturated heterocycles. The second kappa shape index (κ2) is 8.65. The molecule has 2 amide bonds. The van der Waals surface area contributed by atoms with Gasteiger partial charge in [0.2, 0.25) is 5.91 Å². The molecule has 7 nitrogen and oxygen atoms in total. The lowest BCUT2D eigenvalue weighted by atomic mass is 9.89. The Balaban J connectivity index is 2.03. The number of carbonyl (C=O) groups is 2. The topological polar surface area (TPSA) is 77.1 Å². The van der Waals surface area contributed by atoms with Crippen molar-refractivity contribution in [2.24, 2.45) is 0 Å². The molecular formula is C21H28N2O5. The molecule has 1 heterocycles. The number of ether oxygens (including phenoxy) is 3. The van der Waals surface area contributed by atoms with E-state index in [0.29, 0.717) is 36.4 Å². The van der Waals surface area contributed by atoms with Gasteiger partial charge < -0.3 is 19.5 Å². The molecule has 28 heavy (non-hydrogen) atoms. The smallest absolute Gasteiger partial charge is 0.264 e. The first kappa shape index (κ1) is 20.2. The Morgan fingerprint density at radius 1 is 1.25 bits per heavy atom. The third-order valence-electron chi connectivity index (χ3n) is 5.48. The van der Waals surface area contributed by atoms with Gasteiger partial charge in [-0.3, -0.25) is 14.5 Å². The first-order chi connectivity index (χ1) is 13.6. The lowest BCUT2D eigenvalue weighted by Gasteiger charge is -2.41. The van der Waals surface area contributed by atoms with Crippen LogP contribution in [0.2, 0.25) is 0 Å². The van der Waals surface area contributed by atoms with E-state index in [9.17, 15) is 9.59 Å². The predicted molar refractivity (Wildman–Crippen MR) is 104 cm³/mol. The van der Waals surface area contributed by atoms with Crippen molar-refractivity contribution in [2.45, 2.75) is 43.9 Å². The van der Waals surface area contributed by atoms with Crippen molar-refractivity contribution in [3.8, 4) is 11.5 Å². The number of methoxy groups -OCH3 is 2. The van der Waals surface area contributed by atoms with Crippen LogP contribution >= 0.6 is 0 Å². The van der Waals surface area contributed by atoms with Crippen molar-refractivity contribution in [1.82, 2.24) is 10.2 Å². The van der Waals surface area contributed by atoms with Crippen LogP contribution in [0.5, 0.6) is 11.5 Å². The van der Waals surface area contributed by atoms with E-state index in [1.165, 1.54) is 14.2 Å². The van der Waals surface area contributed by atoms with E-state index >= 15 is 0 Å². The Kier molecular flexibility index (Phi) is 6.24. The molecule has 1 atom stereocenters. The molecule has 0 bridgehead atoms. The van der Waals surface area contributed by atoms with Gasteiger partial charge in [-0.1, -0.05) is 18.6 Å². The zero-order valence-corrected chi connectivity index (χ0v) is 16.5. The summed E-state index contributed by atoms with van der Waals surface area (Å²) in [5.74, 6) is 0.261. The second-order valence-corrected chi connectivity index (χ2v) is 7.08. The SMILES string of the molecule is C=CCNC(=O)[C@@H]1COC2(CCCCC2)N1C(=O)c1c(OC)cccc1OC. The highest BCUT2D eigenvalue weighted by Crippen LogP contribution is 2.43. The molecule has 1 aromatic carbocycles. The Labute approximate surface area is 165 Å². The number of rotatable bonds is 6. The van der Waals surface area contributed by atoms with Crippen LogP contribution in [0.4, 0.5) is 0 Å². The van der Waals surface area contributed by atoms with Crippen molar-refractivity contribution < 1.29 is 23.8 Å². The van der Waals surface area contributed by atoms with Crippen LogP contribution < -0.4 is 14.8 Å². The quantitative estimate of drug-likeness (QED) is 0.758. The molecule has 1 aromatic rings.